The quantitative estimate of drug-likeness (QED) is 0.805. The van der Waals surface area contributed by atoms with Crippen molar-refractivity contribution in [3.8, 4) is 11.1 Å². The summed E-state index contributed by atoms with van der Waals surface area (Å²) in [5.74, 6) is -1.06. The molecule has 0 fully saturated rings. The molecule has 1 atom stereocenters. The van der Waals surface area contributed by atoms with E-state index >= 15 is 0 Å². The SMILES string of the molecule is Cc1nn(C)c2c1c(-c1ccccc1)cc(=O)n2C(C)C(=O)O. The molecule has 2 heterocycles. The van der Waals surface area contributed by atoms with Crippen molar-refractivity contribution in [2.45, 2.75) is 19.9 Å². The Morgan fingerprint density at radius 3 is 2.52 bits per heavy atom. The average Bonchev–Trinajstić information content (AvgIpc) is 2.82. The molecule has 1 N–H and O–H groups in total. The van der Waals surface area contributed by atoms with Crippen molar-refractivity contribution in [1.82, 2.24) is 14.3 Å². The average molecular weight is 311 g/mol. The molecular formula is C17H17N3O3. The number of benzene rings is 1. The molecule has 3 rings (SSSR count). The lowest BCUT2D eigenvalue weighted by atomic mass is 10.0. The van der Waals surface area contributed by atoms with Gasteiger partial charge in [0.2, 0.25) is 0 Å². The van der Waals surface area contributed by atoms with Gasteiger partial charge in [0.1, 0.15) is 11.7 Å². The molecule has 6 nitrogen and oxygen atoms in total. The molecule has 0 aliphatic heterocycles. The van der Waals surface area contributed by atoms with Gasteiger partial charge in [0.25, 0.3) is 5.56 Å². The number of rotatable bonds is 3. The Labute approximate surface area is 132 Å². The van der Waals surface area contributed by atoms with E-state index in [1.807, 2.05) is 37.3 Å². The minimum Gasteiger partial charge on any atom is -0.480 e. The lowest BCUT2D eigenvalue weighted by molar-refractivity contribution is -0.140. The van der Waals surface area contributed by atoms with Crippen LogP contribution in [0.2, 0.25) is 0 Å². The van der Waals surface area contributed by atoms with E-state index in [0.29, 0.717) is 5.65 Å². The summed E-state index contributed by atoms with van der Waals surface area (Å²) in [4.78, 5) is 24.0. The van der Waals surface area contributed by atoms with Crippen LogP contribution in [0.15, 0.2) is 41.2 Å². The maximum absolute atomic E-state index is 12.6. The highest BCUT2D eigenvalue weighted by molar-refractivity contribution is 5.95. The predicted octanol–water partition coefficient (Wildman–Crippen LogP) is 2.36. The molecule has 0 amide bonds. The van der Waals surface area contributed by atoms with E-state index < -0.39 is 12.0 Å². The summed E-state index contributed by atoms with van der Waals surface area (Å²) in [6, 6.07) is 10.1. The largest absolute Gasteiger partial charge is 0.480 e. The molecule has 0 bridgehead atoms. The van der Waals surface area contributed by atoms with Crippen LogP contribution in [0.4, 0.5) is 0 Å². The van der Waals surface area contributed by atoms with Gasteiger partial charge in [-0.15, -0.1) is 0 Å². The van der Waals surface area contributed by atoms with Gasteiger partial charge in [-0.1, -0.05) is 30.3 Å². The summed E-state index contributed by atoms with van der Waals surface area (Å²) >= 11 is 0. The smallest absolute Gasteiger partial charge is 0.326 e. The van der Waals surface area contributed by atoms with Crippen LogP contribution in [0.3, 0.4) is 0 Å². The van der Waals surface area contributed by atoms with E-state index in [1.54, 1.807) is 11.7 Å². The standard InChI is InChI=1S/C17H17N3O3/c1-10-15-13(12-7-5-4-6-8-12)9-14(21)20(11(2)17(22)23)16(15)19(3)18-10/h4-9,11H,1-3H3,(H,22,23). The monoisotopic (exact) mass is 311 g/mol. The third-order valence-electron chi connectivity index (χ3n) is 4.02. The van der Waals surface area contributed by atoms with Crippen molar-refractivity contribution in [3.63, 3.8) is 0 Å². The minimum atomic E-state index is -1.06. The molecule has 23 heavy (non-hydrogen) atoms. The number of fused-ring (bicyclic) bond motifs is 1. The molecule has 0 spiro atoms. The fraction of sp³-hybridized carbons (Fsp3) is 0.235. The van der Waals surface area contributed by atoms with Crippen LogP contribution in [0.25, 0.3) is 22.2 Å². The zero-order valence-electron chi connectivity index (χ0n) is 13.1. The van der Waals surface area contributed by atoms with Gasteiger partial charge in [0.15, 0.2) is 0 Å². The first kappa shape index (κ1) is 15.0. The van der Waals surface area contributed by atoms with Crippen molar-refractivity contribution < 1.29 is 9.90 Å². The van der Waals surface area contributed by atoms with Crippen molar-refractivity contribution in [1.29, 1.82) is 0 Å². The molecule has 0 saturated carbocycles. The summed E-state index contributed by atoms with van der Waals surface area (Å²) in [6.07, 6.45) is 0. The van der Waals surface area contributed by atoms with Gasteiger partial charge < -0.3 is 5.11 Å². The van der Waals surface area contributed by atoms with E-state index in [4.69, 9.17) is 0 Å². The van der Waals surface area contributed by atoms with Crippen LogP contribution in [0, 0.1) is 6.92 Å². The van der Waals surface area contributed by atoms with Gasteiger partial charge in [0, 0.05) is 18.5 Å². The zero-order valence-corrected chi connectivity index (χ0v) is 13.1. The second-order valence-electron chi connectivity index (χ2n) is 5.55. The number of carboxylic acids is 1. The number of aromatic nitrogens is 3. The Hall–Kier alpha value is -2.89. The molecule has 118 valence electrons. The normalized spacial score (nSPS) is 12.5. The number of aryl methyl sites for hydroxylation is 2. The third kappa shape index (κ3) is 2.32. The lowest BCUT2D eigenvalue weighted by Crippen LogP contribution is -2.29. The maximum atomic E-state index is 12.6. The predicted molar refractivity (Wildman–Crippen MR) is 87.5 cm³/mol. The molecule has 0 aliphatic carbocycles. The van der Waals surface area contributed by atoms with Crippen LogP contribution < -0.4 is 5.56 Å². The van der Waals surface area contributed by atoms with Gasteiger partial charge in [-0.3, -0.25) is 14.0 Å². The van der Waals surface area contributed by atoms with Crippen LogP contribution in [-0.4, -0.2) is 25.4 Å². The third-order valence-corrected chi connectivity index (χ3v) is 4.02. The Bertz CT molecular complexity index is 955. The lowest BCUT2D eigenvalue weighted by Gasteiger charge is -2.15. The number of carbonyl (C=O) groups is 1. The van der Waals surface area contributed by atoms with Crippen LogP contribution >= 0.6 is 0 Å². The molecule has 6 heteroatoms. The van der Waals surface area contributed by atoms with Crippen LogP contribution in [0.1, 0.15) is 18.7 Å². The van der Waals surface area contributed by atoms with E-state index in [9.17, 15) is 14.7 Å². The van der Waals surface area contributed by atoms with E-state index in [2.05, 4.69) is 5.10 Å². The molecule has 1 aromatic carbocycles. The highest BCUT2D eigenvalue weighted by atomic mass is 16.4. The summed E-state index contributed by atoms with van der Waals surface area (Å²) < 4.78 is 2.85. The number of pyridine rings is 1. The highest BCUT2D eigenvalue weighted by Crippen LogP contribution is 2.30. The van der Waals surface area contributed by atoms with Crippen molar-refractivity contribution >= 4 is 17.0 Å². The molecule has 2 aromatic heterocycles. The Kier molecular flexibility index (Phi) is 3.52. The van der Waals surface area contributed by atoms with Crippen molar-refractivity contribution in [3.05, 3.63) is 52.4 Å². The van der Waals surface area contributed by atoms with Crippen molar-refractivity contribution in [2.24, 2.45) is 7.05 Å². The van der Waals surface area contributed by atoms with Gasteiger partial charge >= 0.3 is 5.97 Å². The molecule has 3 aromatic rings. The maximum Gasteiger partial charge on any atom is 0.326 e. The molecular weight excluding hydrogens is 294 g/mol. The van der Waals surface area contributed by atoms with Gasteiger partial charge in [-0.05, 0) is 25.0 Å². The fourth-order valence-electron chi connectivity index (χ4n) is 2.94. The second kappa shape index (κ2) is 5.39. The first-order valence-electron chi connectivity index (χ1n) is 7.29. The van der Waals surface area contributed by atoms with E-state index in [1.165, 1.54) is 17.6 Å². The Balaban J connectivity index is 2.46. The Morgan fingerprint density at radius 2 is 1.91 bits per heavy atom. The summed E-state index contributed by atoms with van der Waals surface area (Å²) in [5, 5.41) is 14.5. The highest BCUT2D eigenvalue weighted by Gasteiger charge is 2.23. The fourth-order valence-corrected chi connectivity index (χ4v) is 2.94. The minimum absolute atomic E-state index is 0.353. The number of nitrogens with zero attached hydrogens (tertiary/aromatic N) is 3. The molecule has 0 radical (unpaired) electrons. The second-order valence-corrected chi connectivity index (χ2v) is 5.55. The first-order valence-corrected chi connectivity index (χ1v) is 7.29. The summed E-state index contributed by atoms with van der Waals surface area (Å²) in [6.45, 7) is 3.35. The summed E-state index contributed by atoms with van der Waals surface area (Å²) in [5.41, 5.74) is 2.59. The van der Waals surface area contributed by atoms with Gasteiger partial charge in [-0.2, -0.15) is 5.10 Å². The van der Waals surface area contributed by atoms with E-state index in [0.717, 1.165) is 22.2 Å². The first-order chi connectivity index (χ1) is 10.9. The number of hydrogen-bond acceptors (Lipinski definition) is 3. The van der Waals surface area contributed by atoms with Gasteiger partial charge in [-0.25, -0.2) is 4.79 Å². The zero-order chi connectivity index (χ0) is 16.7. The van der Waals surface area contributed by atoms with E-state index in [-0.39, 0.29) is 5.56 Å². The van der Waals surface area contributed by atoms with Crippen LogP contribution in [0.5, 0.6) is 0 Å². The van der Waals surface area contributed by atoms with Crippen LogP contribution in [-0.2, 0) is 11.8 Å². The number of hydrogen-bond donors (Lipinski definition) is 1. The Morgan fingerprint density at radius 1 is 1.26 bits per heavy atom. The van der Waals surface area contributed by atoms with Gasteiger partial charge in [0.05, 0.1) is 5.69 Å². The van der Waals surface area contributed by atoms with Crippen molar-refractivity contribution in [2.75, 3.05) is 0 Å². The molecule has 0 aliphatic rings. The molecule has 0 saturated heterocycles. The molecule has 1 unspecified atom stereocenters. The number of aliphatic carboxylic acids is 1. The topological polar surface area (TPSA) is 77.1 Å². The number of carboxylic acid groups (broad SMARTS) is 1. The summed E-state index contributed by atoms with van der Waals surface area (Å²) in [7, 11) is 1.72.